The van der Waals surface area contributed by atoms with E-state index in [-0.39, 0.29) is 37.0 Å². The van der Waals surface area contributed by atoms with Crippen molar-refractivity contribution in [1.82, 2.24) is 30.5 Å². The van der Waals surface area contributed by atoms with Crippen LogP contribution in [0.25, 0.3) is 59.7 Å². The van der Waals surface area contributed by atoms with Crippen molar-refractivity contribution in [3.8, 4) is 35.7 Å². The molecule has 1 aromatic heterocycles. The number of hydrogen-bond donors (Lipinski definition) is 1. The number of aromatic nitrogens is 3. The van der Waals surface area contributed by atoms with Gasteiger partial charge < -0.3 is 0 Å². The molecule has 0 saturated carbocycles. The van der Waals surface area contributed by atoms with Crippen molar-refractivity contribution in [3.63, 3.8) is 0 Å². The summed E-state index contributed by atoms with van der Waals surface area (Å²) in [4.78, 5) is 39.3. The molecular weight excluding hydrogens is 983 g/mol. The van der Waals surface area contributed by atoms with Crippen molar-refractivity contribution in [3.05, 3.63) is 269 Å². The first kappa shape index (κ1) is 57.3. The van der Waals surface area contributed by atoms with Crippen LogP contribution in [0.2, 0.25) is 0 Å². The van der Waals surface area contributed by atoms with Crippen molar-refractivity contribution in [2.45, 2.75) is 20.4 Å². The summed E-state index contributed by atoms with van der Waals surface area (Å²) in [5.41, 5.74) is 18.2. The fraction of sp³-hybridized carbons (Fsp3) is 0.0923. The van der Waals surface area contributed by atoms with E-state index >= 15 is 0 Å². The summed E-state index contributed by atoms with van der Waals surface area (Å²) in [6.45, 7) is 3.19. The monoisotopic (exact) mass is 1040 g/mol. The van der Waals surface area contributed by atoms with E-state index in [0.29, 0.717) is 11.1 Å². The largest absolute Gasteiger partial charge is 0.294 e. The second kappa shape index (κ2) is 30.4. The Hall–Kier alpha value is -10.9. The maximum absolute atomic E-state index is 12.7. The molecule has 14 nitrogen and oxygen atoms in total. The molecule has 0 fully saturated rings. The molecule has 1 aliphatic rings. The Morgan fingerprint density at radius 3 is 1.42 bits per heavy atom. The number of Topliss-reactive ketones (excluding diaryl/α,β-unsaturated/α-hetero) is 3. The predicted molar refractivity (Wildman–Crippen MR) is 313 cm³/mol. The van der Waals surface area contributed by atoms with Gasteiger partial charge in [0.05, 0.1) is 37.1 Å². The number of terminal acetylenes is 1. The minimum absolute atomic E-state index is 0.0188. The maximum atomic E-state index is 12.7. The lowest BCUT2D eigenvalue weighted by Crippen LogP contribution is -2.40. The Labute approximate surface area is 459 Å². The normalized spacial score (nSPS) is 10.7. The van der Waals surface area contributed by atoms with Crippen LogP contribution >= 0.6 is 0 Å². The van der Waals surface area contributed by atoms with Gasteiger partial charge in [-0.25, -0.2) is 4.68 Å². The number of nitrogens with zero attached hydrogens (tertiary/aromatic N) is 10. The molecule has 388 valence electrons. The number of carbonyl (C=O) groups is 3. The standard InChI is InChI=1S/C21H19N3O.C20H15N3O.C12H9N3O.C8H6.2C2H3N/c1-23-20(17-8-3-2-4-9-17)14-24(22-23)15-21(25)19-12-11-16-7-5-6-10-18(16)13-19;24-20(18-11-10-15-6-4-5-9-17(15)12-18)14-23-13-19(21-22-23)16-7-2-1-3-8-16;13-15-14-8-12(16)11-6-5-9-3-1-2-4-10(9)7-11;1-2-8-6-4-3-5-7-8;2*1-2-3/h2-14,22H,15H2,1H3;1-13H,14H2;1-7H,8H2;1,3-7H;2*1H3. The van der Waals surface area contributed by atoms with E-state index in [4.69, 9.17) is 22.5 Å². The number of nitrogens with one attached hydrogen (secondary N) is 1. The predicted octanol–water partition coefficient (Wildman–Crippen LogP) is 13.7. The van der Waals surface area contributed by atoms with Gasteiger partial charge in [0.25, 0.3) is 0 Å². The molecule has 9 aromatic carbocycles. The highest BCUT2D eigenvalue weighted by molar-refractivity contribution is 6.02. The van der Waals surface area contributed by atoms with Gasteiger partial charge in [-0.15, -0.1) is 17.1 Å². The van der Waals surface area contributed by atoms with Crippen molar-refractivity contribution >= 4 is 55.4 Å². The fourth-order valence-electron chi connectivity index (χ4n) is 7.88. The topological polar surface area (TPSA) is 197 Å². The van der Waals surface area contributed by atoms with Crippen LogP contribution in [0.1, 0.15) is 56.0 Å². The summed E-state index contributed by atoms with van der Waals surface area (Å²) in [5.74, 6) is 2.46. The van der Waals surface area contributed by atoms with Crippen LogP contribution in [0.3, 0.4) is 0 Å². The Kier molecular flexibility index (Phi) is 22.1. The molecule has 14 heteroatoms. The summed E-state index contributed by atoms with van der Waals surface area (Å²) < 4.78 is 1.58. The second-order valence-corrected chi connectivity index (χ2v) is 17.1. The zero-order valence-electron chi connectivity index (χ0n) is 43.8. The van der Waals surface area contributed by atoms with Gasteiger partial charge >= 0.3 is 0 Å². The van der Waals surface area contributed by atoms with Crippen molar-refractivity contribution in [1.29, 1.82) is 10.5 Å². The van der Waals surface area contributed by atoms with E-state index in [1.165, 1.54) is 13.8 Å². The zero-order valence-corrected chi connectivity index (χ0v) is 43.8. The van der Waals surface area contributed by atoms with Gasteiger partial charge in [0.2, 0.25) is 0 Å². The van der Waals surface area contributed by atoms with Gasteiger partial charge in [-0.2, -0.15) is 10.5 Å². The highest BCUT2D eigenvalue weighted by atomic mass is 16.1. The molecule has 0 amide bonds. The van der Waals surface area contributed by atoms with Gasteiger partial charge in [-0.05, 0) is 68.2 Å². The smallest absolute Gasteiger partial charge is 0.184 e. The summed E-state index contributed by atoms with van der Waals surface area (Å²) in [7, 11) is 1.94. The molecule has 11 rings (SSSR count). The molecule has 0 spiro atoms. The Bertz CT molecular complexity index is 3840. The molecule has 2 heterocycles. The fourth-order valence-corrected chi connectivity index (χ4v) is 7.88. The second-order valence-electron chi connectivity index (χ2n) is 17.1. The molecule has 1 N–H and O–H groups in total. The number of benzene rings is 9. The highest BCUT2D eigenvalue weighted by Gasteiger charge is 2.21. The number of nitriles is 2. The van der Waals surface area contributed by atoms with E-state index in [0.717, 1.165) is 66.0 Å². The number of hydrogen-bond acceptors (Lipinski definition) is 11. The third kappa shape index (κ3) is 17.3. The lowest BCUT2D eigenvalue weighted by atomic mass is 10.0. The third-order valence-electron chi connectivity index (χ3n) is 11.6. The number of ketones is 3. The maximum Gasteiger partial charge on any atom is 0.184 e. The van der Waals surface area contributed by atoms with E-state index in [1.54, 1.807) is 29.1 Å². The van der Waals surface area contributed by atoms with Gasteiger partial charge in [-0.1, -0.05) is 204 Å². The molecule has 0 saturated heterocycles. The van der Waals surface area contributed by atoms with Crippen LogP contribution in [0.4, 0.5) is 0 Å². The SMILES string of the molecule is C#Cc1ccccc1.CC#N.CC#N.CN1NN(CC(=O)c2ccc3ccccc3c2)C=C1c1ccccc1.O=C(Cn1cc(-c2ccccc2)nn1)c1ccc2ccccc2c1.[N-]=[N+]=NCC(=O)c1ccc2ccccc2c1. The first-order chi connectivity index (χ1) is 38.6. The van der Waals surface area contributed by atoms with Crippen LogP contribution in [-0.2, 0) is 6.54 Å². The van der Waals surface area contributed by atoms with Crippen LogP contribution in [0.5, 0.6) is 0 Å². The first-order valence-electron chi connectivity index (χ1n) is 24.8. The number of rotatable bonds is 11. The van der Waals surface area contributed by atoms with Gasteiger partial charge in [0.15, 0.2) is 17.3 Å². The molecular formula is C65H55N11O3. The van der Waals surface area contributed by atoms with Gasteiger partial charge in [0.1, 0.15) is 12.2 Å². The van der Waals surface area contributed by atoms with Crippen LogP contribution in [0.15, 0.2) is 236 Å². The van der Waals surface area contributed by atoms with E-state index in [1.807, 2.05) is 217 Å². The summed E-state index contributed by atoms with van der Waals surface area (Å²) >= 11 is 0. The molecule has 79 heavy (non-hydrogen) atoms. The van der Waals surface area contributed by atoms with E-state index in [9.17, 15) is 14.4 Å². The quantitative estimate of drug-likeness (QED) is 0.0428. The number of azide groups is 1. The molecule has 0 aliphatic carbocycles. The molecule has 0 unspecified atom stereocenters. The molecule has 1 aliphatic heterocycles. The average Bonchev–Trinajstić information content (AvgIpc) is 4.16. The zero-order chi connectivity index (χ0) is 56.2. The van der Waals surface area contributed by atoms with Gasteiger partial charge in [-0.3, -0.25) is 24.4 Å². The number of carbonyl (C=O) groups excluding carboxylic acids is 3. The highest BCUT2D eigenvalue weighted by Crippen LogP contribution is 2.23. The third-order valence-corrected chi connectivity index (χ3v) is 11.6. The minimum atomic E-state index is -0.163. The molecule has 0 bridgehead atoms. The Balaban J connectivity index is 0.000000173. The lowest BCUT2D eigenvalue weighted by molar-refractivity contribution is 0.0884. The number of fused-ring (bicyclic) bond motifs is 3. The van der Waals surface area contributed by atoms with E-state index in [2.05, 4.69) is 50.0 Å². The number of hydrazine groups is 2. The summed E-state index contributed by atoms with van der Waals surface area (Å²) in [5, 5.41) is 36.4. The van der Waals surface area contributed by atoms with Crippen LogP contribution < -0.4 is 5.53 Å². The minimum Gasteiger partial charge on any atom is -0.294 e. The van der Waals surface area contributed by atoms with Crippen LogP contribution in [0, 0.1) is 35.0 Å². The average molecular weight is 1040 g/mol. The summed E-state index contributed by atoms with van der Waals surface area (Å²) in [6.07, 6.45) is 8.87. The molecule has 0 atom stereocenters. The van der Waals surface area contributed by atoms with Crippen molar-refractivity contribution < 1.29 is 14.4 Å². The Morgan fingerprint density at radius 1 is 0.570 bits per heavy atom. The Morgan fingerprint density at radius 2 is 0.975 bits per heavy atom. The molecule has 0 radical (unpaired) electrons. The molecule has 10 aromatic rings. The van der Waals surface area contributed by atoms with Crippen LogP contribution in [-0.4, -0.2) is 62.5 Å². The van der Waals surface area contributed by atoms with E-state index < -0.39 is 0 Å². The van der Waals surface area contributed by atoms with Crippen molar-refractivity contribution in [2.24, 2.45) is 5.11 Å². The lowest BCUT2D eigenvalue weighted by Gasteiger charge is -2.20. The van der Waals surface area contributed by atoms with Gasteiger partial charge in [0, 0.05) is 65.4 Å². The first-order valence-corrected chi connectivity index (χ1v) is 24.8. The summed E-state index contributed by atoms with van der Waals surface area (Å²) in [6, 6.07) is 73.9. The van der Waals surface area contributed by atoms with Crippen molar-refractivity contribution in [2.75, 3.05) is 20.1 Å².